The van der Waals surface area contributed by atoms with E-state index in [2.05, 4.69) is 44.8 Å². The van der Waals surface area contributed by atoms with Crippen molar-refractivity contribution in [1.29, 1.82) is 0 Å². The molecule has 1 saturated heterocycles. The summed E-state index contributed by atoms with van der Waals surface area (Å²) in [5.41, 5.74) is 5.75. The summed E-state index contributed by atoms with van der Waals surface area (Å²) in [6.45, 7) is 3.98. The minimum absolute atomic E-state index is 0.221. The van der Waals surface area contributed by atoms with Gasteiger partial charge in [-0.3, -0.25) is 4.79 Å². The fourth-order valence-corrected chi connectivity index (χ4v) is 6.45. The van der Waals surface area contributed by atoms with Gasteiger partial charge in [-0.05, 0) is 79.9 Å². The predicted molar refractivity (Wildman–Crippen MR) is 179 cm³/mol. The summed E-state index contributed by atoms with van der Waals surface area (Å²) < 4.78 is 5.72. The molecule has 1 fully saturated rings. The van der Waals surface area contributed by atoms with Crippen molar-refractivity contribution in [1.82, 2.24) is 20.1 Å². The number of para-hydroxylation sites is 1. The molecule has 2 unspecified atom stereocenters. The van der Waals surface area contributed by atoms with Gasteiger partial charge in [0.15, 0.2) is 0 Å². The fourth-order valence-electron chi connectivity index (χ4n) is 6.45. The van der Waals surface area contributed by atoms with E-state index in [4.69, 9.17) is 4.42 Å². The number of fused-ring (bicyclic) bond motifs is 1. The lowest BCUT2D eigenvalue weighted by Gasteiger charge is -2.34. The van der Waals surface area contributed by atoms with Crippen LogP contribution in [-0.2, 0) is 11.3 Å². The first-order chi connectivity index (χ1) is 21.9. The summed E-state index contributed by atoms with van der Waals surface area (Å²) in [6, 6.07) is 27.2. The van der Waals surface area contributed by atoms with Crippen LogP contribution in [0.25, 0.3) is 22.2 Å². The lowest BCUT2D eigenvalue weighted by molar-refractivity contribution is -0.118. The third-order valence-corrected chi connectivity index (χ3v) is 8.85. The van der Waals surface area contributed by atoms with Gasteiger partial charge in [0.05, 0.1) is 12.0 Å². The quantitative estimate of drug-likeness (QED) is 0.166. The first-order valence-corrected chi connectivity index (χ1v) is 15.7. The van der Waals surface area contributed by atoms with Gasteiger partial charge in [-0.2, -0.15) is 0 Å². The molecule has 8 heteroatoms. The molecule has 3 aromatic carbocycles. The number of amides is 3. The number of aromatic amines is 1. The number of benzene rings is 3. The summed E-state index contributed by atoms with van der Waals surface area (Å²) in [5, 5.41) is 7.36. The number of aromatic nitrogens is 1. The molecule has 1 aliphatic heterocycles. The summed E-state index contributed by atoms with van der Waals surface area (Å²) in [7, 11) is 4.02. The standard InChI is InChI=1S/C37H41N5O3/c1-25(31-23-38-32-13-8-7-12-29(31)32)35(40-37(44)42-19-17-28(18-20-42)27-10-5-4-6-11-27)36(43)39-33-22-26(24-41(2)3)15-16-30(33)34-14-9-21-45-34/h4-16,21-23,25,28,35,38H,17-20,24H2,1-3H3,(H,39,43)(H,40,44). The van der Waals surface area contributed by atoms with Crippen LogP contribution in [0, 0.1) is 0 Å². The van der Waals surface area contributed by atoms with Crippen molar-refractivity contribution in [3.63, 3.8) is 0 Å². The highest BCUT2D eigenvalue weighted by Gasteiger charge is 2.33. The number of H-pyrrole nitrogens is 1. The Morgan fingerprint density at radius 3 is 2.47 bits per heavy atom. The van der Waals surface area contributed by atoms with Crippen molar-refractivity contribution in [3.8, 4) is 11.3 Å². The second-order valence-corrected chi connectivity index (χ2v) is 12.3. The van der Waals surface area contributed by atoms with E-state index in [9.17, 15) is 9.59 Å². The second kappa shape index (κ2) is 13.4. The number of carbonyl (C=O) groups is 2. The highest BCUT2D eigenvalue weighted by atomic mass is 16.3. The molecule has 3 N–H and O–H groups in total. The van der Waals surface area contributed by atoms with Crippen molar-refractivity contribution >= 4 is 28.5 Å². The van der Waals surface area contributed by atoms with E-state index in [0.29, 0.717) is 37.0 Å². The lowest BCUT2D eigenvalue weighted by Crippen LogP contribution is -2.53. The van der Waals surface area contributed by atoms with Crippen LogP contribution in [0.15, 0.2) is 102 Å². The molecule has 0 radical (unpaired) electrons. The zero-order valence-electron chi connectivity index (χ0n) is 26.1. The molecule has 2 atom stereocenters. The van der Waals surface area contributed by atoms with Crippen LogP contribution >= 0.6 is 0 Å². The number of nitrogens with one attached hydrogen (secondary N) is 3. The number of hydrogen-bond donors (Lipinski definition) is 3. The van der Waals surface area contributed by atoms with Crippen LogP contribution < -0.4 is 10.6 Å². The van der Waals surface area contributed by atoms with E-state index in [1.807, 2.05) is 92.8 Å². The Bertz CT molecular complexity index is 1740. The van der Waals surface area contributed by atoms with E-state index in [1.54, 1.807) is 6.26 Å². The molecule has 6 rings (SSSR count). The average Bonchev–Trinajstić information content (AvgIpc) is 3.74. The number of furan rings is 1. The Kier molecular flexibility index (Phi) is 9.03. The van der Waals surface area contributed by atoms with Gasteiger partial charge in [0, 0.05) is 48.2 Å². The largest absolute Gasteiger partial charge is 0.464 e. The molecular formula is C37H41N5O3. The van der Waals surface area contributed by atoms with Crippen LogP contribution in [0.3, 0.4) is 0 Å². The van der Waals surface area contributed by atoms with Crippen molar-refractivity contribution < 1.29 is 14.0 Å². The van der Waals surface area contributed by atoms with Crippen molar-refractivity contribution in [2.24, 2.45) is 0 Å². The van der Waals surface area contributed by atoms with Gasteiger partial charge in [0.25, 0.3) is 0 Å². The summed E-state index contributed by atoms with van der Waals surface area (Å²) >= 11 is 0. The first kappa shape index (κ1) is 30.2. The van der Waals surface area contributed by atoms with Gasteiger partial charge in [0.2, 0.25) is 5.91 Å². The van der Waals surface area contributed by atoms with Crippen molar-refractivity contribution in [3.05, 3.63) is 114 Å². The van der Waals surface area contributed by atoms with Crippen molar-refractivity contribution in [2.45, 2.75) is 44.2 Å². The molecule has 8 nitrogen and oxygen atoms in total. The highest BCUT2D eigenvalue weighted by Crippen LogP contribution is 2.33. The van der Waals surface area contributed by atoms with Gasteiger partial charge in [-0.25, -0.2) is 4.79 Å². The first-order valence-electron chi connectivity index (χ1n) is 15.7. The number of anilines is 1. The molecule has 0 spiro atoms. The number of rotatable bonds is 9. The Morgan fingerprint density at radius 2 is 1.73 bits per heavy atom. The average molecular weight is 604 g/mol. The number of nitrogens with zero attached hydrogens (tertiary/aromatic N) is 2. The maximum atomic E-state index is 14.3. The normalized spacial score (nSPS) is 15.2. The molecule has 45 heavy (non-hydrogen) atoms. The van der Waals surface area contributed by atoms with Crippen LogP contribution in [-0.4, -0.2) is 59.9 Å². The molecule has 5 aromatic rings. The van der Waals surface area contributed by atoms with Crippen LogP contribution in [0.4, 0.5) is 10.5 Å². The Labute approximate surface area is 264 Å². The topological polar surface area (TPSA) is 93.6 Å². The Balaban J connectivity index is 1.27. The van der Waals surface area contributed by atoms with Crippen LogP contribution in [0.2, 0.25) is 0 Å². The molecule has 3 amide bonds. The number of hydrogen-bond acceptors (Lipinski definition) is 4. The number of carbonyl (C=O) groups excluding carboxylic acids is 2. The molecule has 0 bridgehead atoms. The predicted octanol–water partition coefficient (Wildman–Crippen LogP) is 7.19. The lowest BCUT2D eigenvalue weighted by atomic mass is 9.89. The van der Waals surface area contributed by atoms with E-state index in [0.717, 1.165) is 40.4 Å². The second-order valence-electron chi connectivity index (χ2n) is 12.3. The number of likely N-dealkylation sites (tertiary alicyclic amines) is 1. The summed E-state index contributed by atoms with van der Waals surface area (Å²) in [5.74, 6) is 0.487. The minimum Gasteiger partial charge on any atom is -0.464 e. The third-order valence-electron chi connectivity index (χ3n) is 8.85. The van der Waals surface area contributed by atoms with Gasteiger partial charge in [-0.1, -0.05) is 61.5 Å². The Hall–Kier alpha value is -4.82. The summed E-state index contributed by atoms with van der Waals surface area (Å²) in [4.78, 5) is 35.3. The SMILES string of the molecule is CC(c1c[nH]c2ccccc12)C(NC(=O)N1CCC(c2ccccc2)CC1)C(=O)Nc1cc(CN(C)C)ccc1-c1ccco1. The monoisotopic (exact) mass is 603 g/mol. The molecule has 2 aromatic heterocycles. The number of piperidine rings is 1. The zero-order valence-corrected chi connectivity index (χ0v) is 26.1. The molecule has 1 aliphatic rings. The number of urea groups is 1. The van der Waals surface area contributed by atoms with E-state index >= 15 is 0 Å². The van der Waals surface area contributed by atoms with E-state index in [1.165, 1.54) is 5.56 Å². The van der Waals surface area contributed by atoms with Crippen molar-refractivity contribution in [2.75, 3.05) is 32.5 Å². The van der Waals surface area contributed by atoms with Gasteiger partial charge in [-0.15, -0.1) is 0 Å². The molecule has 232 valence electrons. The van der Waals surface area contributed by atoms with Gasteiger partial charge < -0.3 is 29.8 Å². The van der Waals surface area contributed by atoms with Crippen LogP contribution in [0.5, 0.6) is 0 Å². The maximum absolute atomic E-state index is 14.3. The molecule has 3 heterocycles. The van der Waals surface area contributed by atoms with Crippen LogP contribution in [0.1, 0.15) is 48.3 Å². The van der Waals surface area contributed by atoms with Gasteiger partial charge >= 0.3 is 6.03 Å². The molecule has 0 aliphatic carbocycles. The minimum atomic E-state index is -0.828. The molecular weight excluding hydrogens is 562 g/mol. The van der Waals surface area contributed by atoms with Gasteiger partial charge in [0.1, 0.15) is 11.8 Å². The Morgan fingerprint density at radius 1 is 0.978 bits per heavy atom. The summed E-state index contributed by atoms with van der Waals surface area (Å²) in [6.07, 6.45) is 5.34. The third kappa shape index (κ3) is 6.81. The highest BCUT2D eigenvalue weighted by molar-refractivity contribution is 6.01. The van der Waals surface area contributed by atoms with E-state index in [-0.39, 0.29) is 17.9 Å². The fraction of sp³-hybridized carbons (Fsp3) is 0.297. The smallest absolute Gasteiger partial charge is 0.318 e. The van der Waals surface area contributed by atoms with E-state index < -0.39 is 6.04 Å². The molecule has 0 saturated carbocycles. The zero-order chi connectivity index (χ0) is 31.3. The maximum Gasteiger partial charge on any atom is 0.318 e.